The molecule has 1 N–H and O–H groups in total. The van der Waals surface area contributed by atoms with Crippen LogP contribution in [-0.4, -0.2) is 29.4 Å². The molecule has 4 nitrogen and oxygen atoms in total. The van der Waals surface area contributed by atoms with Gasteiger partial charge in [0.05, 0.1) is 16.2 Å². The second kappa shape index (κ2) is 23.7. The summed E-state index contributed by atoms with van der Waals surface area (Å²) in [7, 11) is -4.17. The number of hydrogen-bond acceptors (Lipinski definition) is 4. The molecule has 0 aliphatic rings. The normalized spacial score (nSPS) is 13.7. The van der Waals surface area contributed by atoms with Crippen molar-refractivity contribution in [3.8, 4) is 0 Å². The fraction of sp³-hybridized carbons (Fsp3) is 1.00. The Morgan fingerprint density at radius 3 is 1.23 bits per heavy atom. The summed E-state index contributed by atoms with van der Waals surface area (Å²) < 4.78 is 34.4. The molecule has 0 aromatic carbocycles. The number of aliphatic hydroxyl groups excluding tert-OH is 1. The molecule has 0 fully saturated rings. The summed E-state index contributed by atoms with van der Waals surface area (Å²) >= 11 is 0. The molecule has 0 aromatic rings. The van der Waals surface area contributed by atoms with Crippen LogP contribution in [0.15, 0.2) is 0 Å². The SMILES string of the molecule is CCCCCCCCC(O)CCCCCCCC(CCCCCCC)S(=O)(=O)[O-].[K+]. The van der Waals surface area contributed by atoms with Gasteiger partial charge < -0.3 is 9.66 Å². The van der Waals surface area contributed by atoms with Gasteiger partial charge in [-0.05, 0) is 25.7 Å². The first kappa shape index (κ1) is 33.7. The van der Waals surface area contributed by atoms with E-state index in [4.69, 9.17) is 0 Å². The van der Waals surface area contributed by atoms with Gasteiger partial charge in [-0.2, -0.15) is 0 Å². The first-order chi connectivity index (χ1) is 13.9. The van der Waals surface area contributed by atoms with Crippen LogP contribution in [0.1, 0.15) is 142 Å². The quantitative estimate of drug-likeness (QED) is 0.146. The molecule has 0 aliphatic heterocycles. The average molecular weight is 473 g/mol. The van der Waals surface area contributed by atoms with Crippen LogP contribution in [-0.2, 0) is 10.1 Å². The molecule has 0 rings (SSSR count). The maximum atomic E-state index is 11.5. The predicted molar refractivity (Wildman–Crippen MR) is 123 cm³/mol. The topological polar surface area (TPSA) is 77.4 Å². The summed E-state index contributed by atoms with van der Waals surface area (Å²) in [6.07, 6.45) is 20.6. The van der Waals surface area contributed by atoms with Crippen LogP contribution in [0.4, 0.5) is 0 Å². The third-order valence-corrected chi connectivity index (χ3v) is 7.28. The number of rotatable bonds is 22. The second-order valence-electron chi connectivity index (χ2n) is 8.87. The molecule has 2 unspecified atom stereocenters. The number of aliphatic hydroxyl groups is 1. The van der Waals surface area contributed by atoms with Gasteiger partial charge in [-0.25, -0.2) is 8.42 Å². The van der Waals surface area contributed by atoms with Gasteiger partial charge in [-0.1, -0.05) is 117 Å². The first-order valence-corrected chi connectivity index (χ1v) is 14.0. The van der Waals surface area contributed by atoms with E-state index in [9.17, 15) is 18.1 Å². The zero-order valence-corrected chi connectivity index (χ0v) is 24.3. The monoisotopic (exact) mass is 472 g/mol. The summed E-state index contributed by atoms with van der Waals surface area (Å²) in [6, 6.07) is 0. The molecule has 0 amide bonds. The van der Waals surface area contributed by atoms with Crippen molar-refractivity contribution < 1.29 is 69.5 Å². The van der Waals surface area contributed by atoms with E-state index in [-0.39, 0.29) is 57.5 Å². The predicted octanol–water partition coefficient (Wildman–Crippen LogP) is 4.11. The maximum absolute atomic E-state index is 11.5. The van der Waals surface area contributed by atoms with Crippen LogP contribution in [0.5, 0.6) is 0 Å². The fourth-order valence-electron chi connectivity index (χ4n) is 4.00. The zero-order chi connectivity index (χ0) is 21.8. The fourth-order valence-corrected chi connectivity index (χ4v) is 4.91. The Morgan fingerprint density at radius 1 is 0.600 bits per heavy atom. The van der Waals surface area contributed by atoms with E-state index in [0.29, 0.717) is 12.8 Å². The van der Waals surface area contributed by atoms with Crippen LogP contribution in [0.3, 0.4) is 0 Å². The molecular weight excluding hydrogens is 423 g/mol. The van der Waals surface area contributed by atoms with E-state index in [1.807, 2.05) is 0 Å². The van der Waals surface area contributed by atoms with Crippen molar-refractivity contribution in [2.45, 2.75) is 154 Å². The first-order valence-electron chi connectivity index (χ1n) is 12.5. The van der Waals surface area contributed by atoms with Gasteiger partial charge in [0.25, 0.3) is 0 Å². The molecule has 0 aliphatic carbocycles. The Bertz CT molecular complexity index is 442. The average Bonchev–Trinajstić information content (AvgIpc) is 2.67. The van der Waals surface area contributed by atoms with Gasteiger partial charge in [0.1, 0.15) is 0 Å². The van der Waals surface area contributed by atoms with Gasteiger partial charge in [-0.15, -0.1) is 0 Å². The van der Waals surface area contributed by atoms with Crippen LogP contribution < -0.4 is 51.4 Å². The van der Waals surface area contributed by atoms with Gasteiger partial charge in [0, 0.05) is 5.25 Å². The number of hydrogen-bond donors (Lipinski definition) is 1. The number of unbranched alkanes of at least 4 members (excludes halogenated alkanes) is 13. The summed E-state index contributed by atoms with van der Waals surface area (Å²) in [5, 5.41) is 9.36. The largest absolute Gasteiger partial charge is 1.00 e. The van der Waals surface area contributed by atoms with Crippen molar-refractivity contribution >= 4 is 10.1 Å². The maximum Gasteiger partial charge on any atom is 1.00 e. The Kier molecular flexibility index (Phi) is 26.6. The molecule has 0 radical (unpaired) electrons. The van der Waals surface area contributed by atoms with Crippen molar-refractivity contribution in [2.24, 2.45) is 0 Å². The third kappa shape index (κ3) is 22.7. The standard InChI is InChI=1S/C24H50O4S.K/c1-3-5-7-9-12-15-19-23(25)20-16-13-10-14-18-22-24(29(26,27)28)21-17-11-8-6-4-2;/h23-25H,3-22H2,1-2H3,(H,26,27,28);/q;+1/p-1. The van der Waals surface area contributed by atoms with Crippen molar-refractivity contribution in [3.63, 3.8) is 0 Å². The minimum absolute atomic E-state index is 0. The Hall–Kier alpha value is 1.51. The van der Waals surface area contributed by atoms with Crippen molar-refractivity contribution in [3.05, 3.63) is 0 Å². The van der Waals surface area contributed by atoms with Gasteiger partial charge in [0.15, 0.2) is 0 Å². The summed E-state index contributed by atoms with van der Waals surface area (Å²) in [5.41, 5.74) is 0. The molecule has 0 heterocycles. The van der Waals surface area contributed by atoms with Crippen LogP contribution >= 0.6 is 0 Å². The second-order valence-corrected chi connectivity index (χ2v) is 10.5. The zero-order valence-electron chi connectivity index (χ0n) is 20.4. The third-order valence-electron chi connectivity index (χ3n) is 5.99. The minimum atomic E-state index is -4.17. The molecule has 0 saturated heterocycles. The summed E-state index contributed by atoms with van der Waals surface area (Å²) in [4.78, 5) is 0. The van der Waals surface area contributed by atoms with E-state index in [1.54, 1.807) is 0 Å². The van der Waals surface area contributed by atoms with Crippen molar-refractivity contribution in [1.82, 2.24) is 0 Å². The Morgan fingerprint density at radius 2 is 0.900 bits per heavy atom. The molecule has 176 valence electrons. The van der Waals surface area contributed by atoms with Gasteiger partial charge in [-0.3, -0.25) is 0 Å². The summed E-state index contributed by atoms with van der Waals surface area (Å²) in [5.74, 6) is 0. The van der Waals surface area contributed by atoms with Crippen LogP contribution in [0.2, 0.25) is 0 Å². The van der Waals surface area contributed by atoms with Crippen molar-refractivity contribution in [2.75, 3.05) is 0 Å². The van der Waals surface area contributed by atoms with Crippen molar-refractivity contribution in [1.29, 1.82) is 0 Å². The van der Waals surface area contributed by atoms with E-state index in [1.165, 1.54) is 44.9 Å². The molecule has 30 heavy (non-hydrogen) atoms. The molecule has 0 bridgehead atoms. The van der Waals surface area contributed by atoms with E-state index in [2.05, 4.69) is 13.8 Å². The Labute approximate surface area is 230 Å². The molecular formula is C24H49KO4S. The van der Waals surface area contributed by atoms with E-state index >= 15 is 0 Å². The minimum Gasteiger partial charge on any atom is -0.748 e. The molecule has 0 saturated carbocycles. The Balaban J connectivity index is 0. The summed E-state index contributed by atoms with van der Waals surface area (Å²) in [6.45, 7) is 4.38. The van der Waals surface area contributed by atoms with Gasteiger partial charge in [0.2, 0.25) is 0 Å². The van der Waals surface area contributed by atoms with Gasteiger partial charge >= 0.3 is 51.4 Å². The molecule has 0 spiro atoms. The van der Waals surface area contributed by atoms with E-state index in [0.717, 1.165) is 70.6 Å². The molecule has 6 heteroatoms. The smallest absolute Gasteiger partial charge is 0.748 e. The van der Waals surface area contributed by atoms with E-state index < -0.39 is 15.4 Å². The molecule has 0 aromatic heterocycles. The van der Waals surface area contributed by atoms with Crippen LogP contribution in [0, 0.1) is 0 Å². The molecule has 2 atom stereocenters. The van der Waals surface area contributed by atoms with Crippen LogP contribution in [0.25, 0.3) is 0 Å².